The summed E-state index contributed by atoms with van der Waals surface area (Å²) in [6.07, 6.45) is 0.736. The van der Waals surface area contributed by atoms with Crippen LogP contribution in [0.15, 0.2) is 18.2 Å². The van der Waals surface area contributed by atoms with Gasteiger partial charge < -0.3 is 19.7 Å². The van der Waals surface area contributed by atoms with E-state index in [0.29, 0.717) is 6.42 Å². The topological polar surface area (TPSA) is 63.5 Å². The van der Waals surface area contributed by atoms with E-state index in [9.17, 15) is 4.79 Å². The average Bonchev–Trinajstić information content (AvgIpc) is 2.78. The monoisotopic (exact) mass is 274 g/mol. The van der Waals surface area contributed by atoms with E-state index in [4.69, 9.17) is 9.84 Å². The van der Waals surface area contributed by atoms with Crippen molar-refractivity contribution >= 4 is 16.9 Å². The molecule has 5 nitrogen and oxygen atoms in total. The third-order valence-electron chi connectivity index (χ3n) is 3.89. The molecule has 0 saturated carbocycles. The van der Waals surface area contributed by atoms with Gasteiger partial charge in [-0.05, 0) is 24.1 Å². The number of nitrogens with one attached hydrogen (secondary N) is 1. The number of rotatable bonds is 4. The molecule has 0 unspecified atom stereocenters. The molecule has 2 heterocycles. The Morgan fingerprint density at radius 3 is 3.10 bits per heavy atom. The van der Waals surface area contributed by atoms with Gasteiger partial charge in [0.15, 0.2) is 0 Å². The number of fused-ring (bicyclic) bond motifs is 3. The Labute approximate surface area is 117 Å². The van der Waals surface area contributed by atoms with Gasteiger partial charge in [0.05, 0.1) is 12.6 Å². The molecule has 1 aliphatic heterocycles. The van der Waals surface area contributed by atoms with Crippen LogP contribution in [0.25, 0.3) is 10.9 Å². The highest BCUT2D eigenvalue weighted by molar-refractivity contribution is 5.87. The second-order valence-corrected chi connectivity index (χ2v) is 5.03. The van der Waals surface area contributed by atoms with Crippen molar-refractivity contribution in [2.24, 2.45) is 0 Å². The summed E-state index contributed by atoms with van der Waals surface area (Å²) >= 11 is 0. The Bertz CT molecular complexity index is 661. The fraction of sp³-hybridized carbons (Fsp3) is 0.400. The Hall–Kier alpha value is -2.01. The lowest BCUT2D eigenvalue weighted by Gasteiger charge is -2.18. The largest absolute Gasteiger partial charge is 0.497 e. The SMILES string of the molecule is COc1ccc2c(CCC(=O)O)c3n(c2c1)CCNC3. The number of nitrogens with zero attached hydrogens (tertiary/aromatic N) is 1. The summed E-state index contributed by atoms with van der Waals surface area (Å²) in [5, 5.41) is 13.4. The average molecular weight is 274 g/mol. The number of hydrogen-bond acceptors (Lipinski definition) is 3. The summed E-state index contributed by atoms with van der Waals surface area (Å²) < 4.78 is 7.58. The van der Waals surface area contributed by atoms with Crippen molar-refractivity contribution in [1.29, 1.82) is 0 Å². The Kier molecular flexibility index (Phi) is 3.36. The number of benzene rings is 1. The molecule has 0 saturated heterocycles. The quantitative estimate of drug-likeness (QED) is 0.892. The van der Waals surface area contributed by atoms with Gasteiger partial charge in [0.2, 0.25) is 0 Å². The van der Waals surface area contributed by atoms with Crippen LogP contribution >= 0.6 is 0 Å². The molecule has 1 aromatic carbocycles. The zero-order valence-electron chi connectivity index (χ0n) is 11.5. The summed E-state index contributed by atoms with van der Waals surface area (Å²) in [4.78, 5) is 10.9. The first-order chi connectivity index (χ1) is 9.70. The molecule has 0 fully saturated rings. The first-order valence-corrected chi connectivity index (χ1v) is 6.81. The van der Waals surface area contributed by atoms with Crippen LogP contribution in [0.5, 0.6) is 5.75 Å². The molecule has 106 valence electrons. The number of ether oxygens (including phenoxy) is 1. The molecule has 3 rings (SSSR count). The van der Waals surface area contributed by atoms with Crippen LogP contribution in [0.2, 0.25) is 0 Å². The minimum atomic E-state index is -0.754. The second-order valence-electron chi connectivity index (χ2n) is 5.03. The van der Waals surface area contributed by atoms with Crippen molar-refractivity contribution in [2.45, 2.75) is 25.9 Å². The van der Waals surface area contributed by atoms with Gasteiger partial charge in [-0.2, -0.15) is 0 Å². The van der Waals surface area contributed by atoms with Crippen LogP contribution in [0.3, 0.4) is 0 Å². The van der Waals surface area contributed by atoms with Crippen molar-refractivity contribution in [3.63, 3.8) is 0 Å². The molecule has 20 heavy (non-hydrogen) atoms. The van der Waals surface area contributed by atoms with Crippen molar-refractivity contribution in [3.05, 3.63) is 29.5 Å². The molecule has 0 aliphatic carbocycles. The number of aryl methyl sites for hydroxylation is 1. The Morgan fingerprint density at radius 1 is 1.50 bits per heavy atom. The van der Waals surface area contributed by atoms with Crippen molar-refractivity contribution in [2.75, 3.05) is 13.7 Å². The number of hydrogen-bond donors (Lipinski definition) is 2. The fourth-order valence-electron chi connectivity index (χ4n) is 2.95. The van der Waals surface area contributed by atoms with Crippen molar-refractivity contribution in [3.8, 4) is 5.75 Å². The van der Waals surface area contributed by atoms with Gasteiger partial charge in [0.25, 0.3) is 0 Å². The maximum atomic E-state index is 10.9. The number of methoxy groups -OCH3 is 1. The van der Waals surface area contributed by atoms with Crippen LogP contribution in [-0.4, -0.2) is 29.3 Å². The van der Waals surface area contributed by atoms with Gasteiger partial charge in [-0.25, -0.2) is 0 Å². The molecule has 0 spiro atoms. The highest BCUT2D eigenvalue weighted by Crippen LogP contribution is 2.31. The van der Waals surface area contributed by atoms with Crippen molar-refractivity contribution < 1.29 is 14.6 Å². The highest BCUT2D eigenvalue weighted by Gasteiger charge is 2.20. The van der Waals surface area contributed by atoms with Crippen LogP contribution in [0.4, 0.5) is 0 Å². The highest BCUT2D eigenvalue weighted by atomic mass is 16.5. The van der Waals surface area contributed by atoms with Crippen LogP contribution in [0, 0.1) is 0 Å². The third-order valence-corrected chi connectivity index (χ3v) is 3.89. The smallest absolute Gasteiger partial charge is 0.303 e. The Balaban J connectivity index is 2.14. The van der Waals surface area contributed by atoms with Crippen LogP contribution in [-0.2, 0) is 24.3 Å². The molecular formula is C15H18N2O3. The van der Waals surface area contributed by atoms with E-state index in [-0.39, 0.29) is 6.42 Å². The summed E-state index contributed by atoms with van der Waals surface area (Å²) in [5.74, 6) is 0.0801. The Morgan fingerprint density at radius 2 is 2.35 bits per heavy atom. The molecular weight excluding hydrogens is 256 g/mol. The zero-order chi connectivity index (χ0) is 14.1. The maximum absolute atomic E-state index is 10.9. The molecule has 0 atom stereocenters. The first kappa shape index (κ1) is 13.0. The standard InChI is InChI=1S/C15H18N2O3/c1-20-10-2-3-11-12(4-5-15(18)19)14-9-16-6-7-17(14)13(11)8-10/h2-3,8,16H,4-7,9H2,1H3,(H,18,19). The van der Waals surface area contributed by atoms with E-state index >= 15 is 0 Å². The molecule has 0 bridgehead atoms. The van der Waals surface area contributed by atoms with E-state index in [1.54, 1.807) is 7.11 Å². The number of carboxylic acid groups (broad SMARTS) is 1. The van der Waals surface area contributed by atoms with Crippen LogP contribution in [0.1, 0.15) is 17.7 Å². The van der Waals surface area contributed by atoms with E-state index in [1.165, 1.54) is 5.69 Å². The van der Waals surface area contributed by atoms with Gasteiger partial charge >= 0.3 is 5.97 Å². The van der Waals surface area contributed by atoms with Crippen LogP contribution < -0.4 is 10.1 Å². The van der Waals surface area contributed by atoms with E-state index in [0.717, 1.165) is 41.9 Å². The number of aliphatic carboxylic acids is 1. The minimum absolute atomic E-state index is 0.165. The summed E-state index contributed by atoms with van der Waals surface area (Å²) in [6.45, 7) is 2.64. The van der Waals surface area contributed by atoms with Gasteiger partial charge in [-0.3, -0.25) is 4.79 Å². The van der Waals surface area contributed by atoms with Gasteiger partial charge in [0.1, 0.15) is 5.75 Å². The third kappa shape index (κ3) is 2.14. The summed E-state index contributed by atoms with van der Waals surface area (Å²) in [5.41, 5.74) is 3.50. The molecule has 2 N–H and O–H groups in total. The predicted octanol–water partition coefficient (Wildman–Crippen LogP) is 1.77. The maximum Gasteiger partial charge on any atom is 0.303 e. The molecule has 1 aliphatic rings. The molecule has 2 aromatic rings. The molecule has 0 amide bonds. The second kappa shape index (κ2) is 5.17. The zero-order valence-corrected chi connectivity index (χ0v) is 11.5. The van der Waals surface area contributed by atoms with E-state index < -0.39 is 5.97 Å². The van der Waals surface area contributed by atoms with Crippen molar-refractivity contribution in [1.82, 2.24) is 9.88 Å². The summed E-state index contributed by atoms with van der Waals surface area (Å²) in [7, 11) is 1.66. The fourth-order valence-corrected chi connectivity index (χ4v) is 2.95. The lowest BCUT2D eigenvalue weighted by Crippen LogP contribution is -2.28. The number of carboxylic acids is 1. The van der Waals surface area contributed by atoms with Gasteiger partial charge in [-0.1, -0.05) is 0 Å². The molecule has 0 radical (unpaired) electrons. The first-order valence-electron chi connectivity index (χ1n) is 6.81. The lowest BCUT2D eigenvalue weighted by molar-refractivity contribution is -0.136. The number of aromatic nitrogens is 1. The van der Waals surface area contributed by atoms with E-state index in [2.05, 4.69) is 9.88 Å². The predicted molar refractivity (Wildman–Crippen MR) is 76.2 cm³/mol. The minimum Gasteiger partial charge on any atom is -0.497 e. The summed E-state index contributed by atoms with van der Waals surface area (Å²) in [6, 6.07) is 6.01. The van der Waals surface area contributed by atoms with E-state index in [1.807, 2.05) is 18.2 Å². The van der Waals surface area contributed by atoms with Gasteiger partial charge in [0, 0.05) is 43.2 Å². The molecule has 1 aromatic heterocycles. The lowest BCUT2D eigenvalue weighted by atomic mass is 10.0. The van der Waals surface area contributed by atoms with Gasteiger partial charge in [-0.15, -0.1) is 0 Å². The normalized spacial score (nSPS) is 14.2. The number of carbonyl (C=O) groups is 1. The molecule has 5 heteroatoms.